The normalized spacial score (nSPS) is 14.2. The first-order chi connectivity index (χ1) is 16.5. The molecule has 2 N–H and O–H groups in total. The van der Waals surface area contributed by atoms with Crippen LogP contribution in [0.5, 0.6) is 11.5 Å². The van der Waals surface area contributed by atoms with Gasteiger partial charge < -0.3 is 20.1 Å². The van der Waals surface area contributed by atoms with Gasteiger partial charge in [-0.2, -0.15) is 0 Å². The van der Waals surface area contributed by atoms with Crippen molar-refractivity contribution in [2.45, 2.75) is 0 Å². The van der Waals surface area contributed by atoms with Gasteiger partial charge in [0.05, 0.1) is 12.8 Å². The molecule has 3 aromatic carbocycles. The molecule has 3 aromatic rings. The van der Waals surface area contributed by atoms with Crippen molar-refractivity contribution in [2.24, 2.45) is 0 Å². The number of para-hydroxylation sites is 2. The van der Waals surface area contributed by atoms with E-state index >= 15 is 0 Å². The molecule has 8 nitrogen and oxygen atoms in total. The summed E-state index contributed by atoms with van der Waals surface area (Å²) in [5, 5.41) is 5.79. The second-order valence-corrected chi connectivity index (χ2v) is 7.62. The van der Waals surface area contributed by atoms with E-state index in [-0.39, 0.29) is 24.0 Å². The van der Waals surface area contributed by atoms with Crippen LogP contribution in [0.2, 0.25) is 5.02 Å². The fourth-order valence-electron chi connectivity index (χ4n) is 3.33. The van der Waals surface area contributed by atoms with Crippen LogP contribution in [-0.4, -0.2) is 31.6 Å². The third-order valence-corrected chi connectivity index (χ3v) is 5.15. The number of hydrogen-bond acceptors (Lipinski definition) is 5. The van der Waals surface area contributed by atoms with Gasteiger partial charge in [0, 0.05) is 16.3 Å². The highest BCUT2D eigenvalue weighted by atomic mass is 35.5. The van der Waals surface area contributed by atoms with Gasteiger partial charge in [-0.25, -0.2) is 9.69 Å². The molecule has 0 unspecified atom stereocenters. The smallest absolute Gasteiger partial charge is 0.333 e. The number of urea groups is 1. The topological polar surface area (TPSA) is 97.0 Å². The highest BCUT2D eigenvalue weighted by molar-refractivity contribution is 6.31. The molecule has 0 atom stereocenters. The van der Waals surface area contributed by atoms with Crippen LogP contribution in [0.1, 0.15) is 5.56 Å². The summed E-state index contributed by atoms with van der Waals surface area (Å²) in [5.74, 6) is -0.279. The van der Waals surface area contributed by atoms with E-state index in [9.17, 15) is 14.4 Å². The molecular weight excluding hydrogens is 458 g/mol. The molecule has 0 saturated carbocycles. The molecule has 0 aliphatic carbocycles. The van der Waals surface area contributed by atoms with Crippen molar-refractivity contribution in [3.05, 3.63) is 89.1 Å². The van der Waals surface area contributed by atoms with Gasteiger partial charge in [-0.15, -0.1) is 0 Å². The van der Waals surface area contributed by atoms with Crippen LogP contribution >= 0.6 is 11.6 Å². The average molecular weight is 478 g/mol. The van der Waals surface area contributed by atoms with Crippen LogP contribution in [0.3, 0.4) is 0 Å². The molecule has 1 aliphatic heterocycles. The largest absolute Gasteiger partial charge is 0.493 e. The number of benzene rings is 3. The number of halogens is 1. The minimum Gasteiger partial charge on any atom is -0.493 e. The van der Waals surface area contributed by atoms with Gasteiger partial charge in [0.15, 0.2) is 18.1 Å². The lowest BCUT2D eigenvalue weighted by molar-refractivity contribution is -0.118. The lowest BCUT2D eigenvalue weighted by atomic mass is 10.1. The predicted octanol–water partition coefficient (Wildman–Crippen LogP) is 4.46. The monoisotopic (exact) mass is 477 g/mol. The molecule has 0 radical (unpaired) electrons. The summed E-state index contributed by atoms with van der Waals surface area (Å²) in [5.41, 5.74) is 1.52. The van der Waals surface area contributed by atoms with Gasteiger partial charge in [0.2, 0.25) is 0 Å². The highest BCUT2D eigenvalue weighted by Gasteiger charge is 2.35. The number of ether oxygens (including phenoxy) is 2. The van der Waals surface area contributed by atoms with Crippen molar-refractivity contribution in [1.82, 2.24) is 5.32 Å². The molecule has 0 aromatic heterocycles. The summed E-state index contributed by atoms with van der Waals surface area (Å²) in [6, 6.07) is 19.8. The maximum absolute atomic E-state index is 12.9. The third-order valence-electron chi connectivity index (χ3n) is 4.90. The van der Waals surface area contributed by atoms with Gasteiger partial charge in [-0.1, -0.05) is 41.9 Å². The Balaban J connectivity index is 1.56. The molecule has 34 heavy (non-hydrogen) atoms. The second kappa shape index (κ2) is 10.1. The van der Waals surface area contributed by atoms with E-state index in [0.717, 1.165) is 4.90 Å². The first-order valence-corrected chi connectivity index (χ1v) is 10.6. The number of rotatable bonds is 7. The van der Waals surface area contributed by atoms with Crippen LogP contribution in [0.25, 0.3) is 6.08 Å². The lowest BCUT2D eigenvalue weighted by Gasteiger charge is -2.14. The van der Waals surface area contributed by atoms with Crippen LogP contribution in [0, 0.1) is 0 Å². The number of nitrogens with one attached hydrogen (secondary N) is 2. The van der Waals surface area contributed by atoms with Gasteiger partial charge >= 0.3 is 6.03 Å². The van der Waals surface area contributed by atoms with Crippen molar-refractivity contribution in [2.75, 3.05) is 23.9 Å². The van der Waals surface area contributed by atoms with Crippen molar-refractivity contribution in [3.63, 3.8) is 0 Å². The zero-order valence-electron chi connectivity index (χ0n) is 18.1. The van der Waals surface area contributed by atoms with Gasteiger partial charge in [-0.3, -0.25) is 9.59 Å². The van der Waals surface area contributed by atoms with Gasteiger partial charge in [0.1, 0.15) is 5.70 Å². The van der Waals surface area contributed by atoms with E-state index in [4.69, 9.17) is 21.1 Å². The first kappa shape index (κ1) is 22.9. The number of carbonyl (C=O) groups excluding carboxylic acids is 3. The van der Waals surface area contributed by atoms with Gasteiger partial charge in [0.25, 0.3) is 11.8 Å². The number of carbonyl (C=O) groups is 3. The van der Waals surface area contributed by atoms with Crippen molar-refractivity contribution < 1.29 is 23.9 Å². The molecule has 1 fully saturated rings. The number of amides is 4. The Morgan fingerprint density at radius 2 is 1.76 bits per heavy atom. The van der Waals surface area contributed by atoms with Crippen molar-refractivity contribution in [3.8, 4) is 11.5 Å². The van der Waals surface area contributed by atoms with E-state index in [2.05, 4.69) is 10.6 Å². The summed E-state index contributed by atoms with van der Waals surface area (Å²) in [6.07, 6.45) is 1.48. The Morgan fingerprint density at radius 1 is 1.03 bits per heavy atom. The molecule has 9 heteroatoms. The molecule has 4 amide bonds. The average Bonchev–Trinajstić information content (AvgIpc) is 3.12. The molecular formula is C25H20ClN3O5. The molecule has 172 valence electrons. The zero-order chi connectivity index (χ0) is 24.1. The third kappa shape index (κ3) is 5.02. The Hall–Kier alpha value is -4.30. The fourth-order valence-corrected chi connectivity index (χ4v) is 3.46. The summed E-state index contributed by atoms with van der Waals surface area (Å²) < 4.78 is 11.1. The molecule has 1 aliphatic rings. The van der Waals surface area contributed by atoms with Gasteiger partial charge in [-0.05, 0) is 48.5 Å². The maximum atomic E-state index is 12.9. The van der Waals surface area contributed by atoms with E-state index in [1.807, 2.05) is 6.07 Å². The van der Waals surface area contributed by atoms with Crippen molar-refractivity contribution >= 4 is 46.9 Å². The van der Waals surface area contributed by atoms with E-state index in [1.165, 1.54) is 13.2 Å². The second-order valence-electron chi connectivity index (χ2n) is 7.19. The zero-order valence-corrected chi connectivity index (χ0v) is 18.8. The maximum Gasteiger partial charge on any atom is 0.333 e. The first-order valence-electron chi connectivity index (χ1n) is 10.2. The quantitative estimate of drug-likeness (QED) is 0.387. The Bertz CT molecular complexity index is 1260. The van der Waals surface area contributed by atoms with Crippen LogP contribution in [-0.2, 0) is 9.59 Å². The number of nitrogens with zero attached hydrogens (tertiary/aromatic N) is 1. The van der Waals surface area contributed by atoms with Crippen LogP contribution in [0.15, 0.2) is 78.5 Å². The van der Waals surface area contributed by atoms with E-state index in [1.54, 1.807) is 66.7 Å². The Labute approximate surface area is 200 Å². The molecule has 1 saturated heterocycles. The number of methoxy groups -OCH3 is 1. The molecule has 0 bridgehead atoms. The SMILES string of the molecule is COc1cccc(/C=C2/NC(=O)N(c3ccc(Cl)cc3)C2=O)c1OCC(=O)Nc1ccccc1. The molecule has 0 spiro atoms. The number of anilines is 2. The minimum absolute atomic E-state index is 0.0480. The number of imide groups is 1. The molecule has 1 heterocycles. The standard InChI is InChI=1S/C25H20ClN3O5/c1-33-21-9-5-6-16(23(21)34-15-22(30)27-18-7-3-2-4-8-18)14-20-24(31)29(25(32)28-20)19-12-10-17(26)11-13-19/h2-14H,15H2,1H3,(H,27,30)(H,28,32)/b20-14+. The van der Waals surface area contributed by atoms with Crippen LogP contribution in [0.4, 0.5) is 16.2 Å². The van der Waals surface area contributed by atoms with E-state index < -0.39 is 11.9 Å². The summed E-state index contributed by atoms with van der Waals surface area (Å²) >= 11 is 5.90. The highest BCUT2D eigenvalue weighted by Crippen LogP contribution is 2.33. The minimum atomic E-state index is -0.592. The summed E-state index contributed by atoms with van der Waals surface area (Å²) in [7, 11) is 1.47. The van der Waals surface area contributed by atoms with E-state index in [0.29, 0.717) is 27.7 Å². The fraction of sp³-hybridized carbons (Fsp3) is 0.0800. The van der Waals surface area contributed by atoms with Crippen molar-refractivity contribution in [1.29, 1.82) is 0 Å². The number of hydrogen-bond donors (Lipinski definition) is 2. The summed E-state index contributed by atoms with van der Waals surface area (Å²) in [4.78, 5) is 38.8. The lowest BCUT2D eigenvalue weighted by Crippen LogP contribution is -2.30. The predicted molar refractivity (Wildman–Crippen MR) is 129 cm³/mol. The van der Waals surface area contributed by atoms with Crippen LogP contribution < -0.4 is 25.0 Å². The summed E-state index contributed by atoms with van der Waals surface area (Å²) in [6.45, 7) is -0.289. The Morgan fingerprint density at radius 3 is 2.47 bits per heavy atom. The Kier molecular flexibility index (Phi) is 6.79. The molecule has 4 rings (SSSR count).